The summed E-state index contributed by atoms with van der Waals surface area (Å²) in [6, 6.07) is 13.3. The predicted molar refractivity (Wildman–Crippen MR) is 75.0 cm³/mol. The fourth-order valence-electron chi connectivity index (χ4n) is 1.55. The summed E-state index contributed by atoms with van der Waals surface area (Å²) in [5.41, 5.74) is 1.82. The van der Waals surface area contributed by atoms with Crippen molar-refractivity contribution in [1.82, 2.24) is 0 Å². The number of benzene rings is 2. The van der Waals surface area contributed by atoms with Crippen LogP contribution in [0.4, 0.5) is 5.69 Å². The van der Waals surface area contributed by atoms with Crippen LogP contribution in [0, 0.1) is 0 Å². The molecule has 0 aliphatic rings. The van der Waals surface area contributed by atoms with E-state index in [2.05, 4.69) is 5.32 Å². The lowest BCUT2D eigenvalue weighted by atomic mass is 10.2. The topological polar surface area (TPSA) is 66.4 Å². The molecule has 0 unspecified atom stereocenters. The molecule has 0 saturated heterocycles. The molecule has 2 N–H and O–H groups in total. The van der Waals surface area contributed by atoms with E-state index in [1.807, 2.05) is 12.1 Å². The molecule has 0 fully saturated rings. The van der Waals surface area contributed by atoms with Gasteiger partial charge in [-0.15, -0.1) is 0 Å². The van der Waals surface area contributed by atoms with Gasteiger partial charge in [-0.1, -0.05) is 23.7 Å². The highest BCUT2D eigenvalue weighted by Gasteiger charge is 2.08. The van der Waals surface area contributed by atoms with Crippen molar-refractivity contribution in [1.29, 1.82) is 0 Å². The van der Waals surface area contributed by atoms with Gasteiger partial charge >= 0.3 is 0 Å². The summed E-state index contributed by atoms with van der Waals surface area (Å²) in [7, 11) is -4.13. The van der Waals surface area contributed by atoms with E-state index in [-0.39, 0.29) is 4.90 Å². The van der Waals surface area contributed by atoms with E-state index in [4.69, 9.17) is 16.2 Å². The zero-order valence-corrected chi connectivity index (χ0v) is 11.4. The molecule has 19 heavy (non-hydrogen) atoms. The van der Waals surface area contributed by atoms with Gasteiger partial charge in [0.2, 0.25) is 0 Å². The summed E-state index contributed by atoms with van der Waals surface area (Å²) in [5.74, 6) is 0. The maximum atomic E-state index is 10.9. The molecule has 100 valence electrons. The van der Waals surface area contributed by atoms with Crippen LogP contribution >= 0.6 is 11.6 Å². The molecule has 6 heteroatoms. The number of anilines is 1. The van der Waals surface area contributed by atoms with Crippen LogP contribution in [0.2, 0.25) is 5.02 Å². The molecular weight excluding hydrogens is 286 g/mol. The number of hydrogen-bond acceptors (Lipinski definition) is 3. The van der Waals surface area contributed by atoms with Crippen molar-refractivity contribution in [3.05, 3.63) is 59.1 Å². The van der Waals surface area contributed by atoms with Gasteiger partial charge in [0, 0.05) is 17.3 Å². The molecule has 0 spiro atoms. The van der Waals surface area contributed by atoms with Crippen LogP contribution in [0.15, 0.2) is 53.4 Å². The van der Waals surface area contributed by atoms with Gasteiger partial charge < -0.3 is 5.32 Å². The lowest BCUT2D eigenvalue weighted by molar-refractivity contribution is 0.483. The van der Waals surface area contributed by atoms with Crippen molar-refractivity contribution >= 4 is 27.4 Å². The highest BCUT2D eigenvalue weighted by Crippen LogP contribution is 2.15. The van der Waals surface area contributed by atoms with Gasteiger partial charge in [0.1, 0.15) is 0 Å². The average Bonchev–Trinajstić information content (AvgIpc) is 2.37. The first-order chi connectivity index (χ1) is 8.95. The minimum Gasteiger partial charge on any atom is -0.381 e. The molecule has 2 rings (SSSR count). The van der Waals surface area contributed by atoms with Gasteiger partial charge in [0.05, 0.1) is 4.90 Å². The fourth-order valence-corrected chi connectivity index (χ4v) is 2.16. The second kappa shape index (κ2) is 5.61. The van der Waals surface area contributed by atoms with Crippen LogP contribution in [0.1, 0.15) is 5.56 Å². The molecule has 0 aliphatic heterocycles. The Morgan fingerprint density at radius 3 is 2.11 bits per heavy atom. The molecule has 0 aromatic heterocycles. The molecule has 4 nitrogen and oxygen atoms in total. The Hall–Kier alpha value is -1.56. The highest BCUT2D eigenvalue weighted by atomic mass is 35.5. The summed E-state index contributed by atoms with van der Waals surface area (Å²) < 4.78 is 30.6. The molecule has 0 radical (unpaired) electrons. The molecule has 0 saturated carbocycles. The zero-order valence-electron chi connectivity index (χ0n) is 9.88. The van der Waals surface area contributed by atoms with Crippen molar-refractivity contribution in [3.8, 4) is 0 Å². The smallest absolute Gasteiger partial charge is 0.294 e. The Morgan fingerprint density at radius 1 is 1.00 bits per heavy atom. The molecule has 2 aromatic rings. The third-order valence-electron chi connectivity index (χ3n) is 2.56. The minimum atomic E-state index is -4.13. The van der Waals surface area contributed by atoms with E-state index >= 15 is 0 Å². The quantitative estimate of drug-likeness (QED) is 0.851. The van der Waals surface area contributed by atoms with Gasteiger partial charge in [-0.05, 0) is 42.0 Å². The van der Waals surface area contributed by atoms with E-state index in [1.165, 1.54) is 12.1 Å². The molecule has 0 bridgehead atoms. The van der Waals surface area contributed by atoms with Crippen LogP contribution in [0.3, 0.4) is 0 Å². The average molecular weight is 298 g/mol. The van der Waals surface area contributed by atoms with Crippen molar-refractivity contribution in [2.75, 3.05) is 5.32 Å². The van der Waals surface area contributed by atoms with E-state index in [0.29, 0.717) is 11.6 Å². The van der Waals surface area contributed by atoms with E-state index in [1.54, 1.807) is 24.3 Å². The molecular formula is C13H12ClNO3S. The van der Waals surface area contributed by atoms with E-state index in [9.17, 15) is 8.42 Å². The lowest BCUT2D eigenvalue weighted by Crippen LogP contribution is -2.01. The third-order valence-corrected chi connectivity index (χ3v) is 3.68. The van der Waals surface area contributed by atoms with Gasteiger partial charge in [-0.2, -0.15) is 8.42 Å². The molecule has 0 atom stereocenters. The van der Waals surface area contributed by atoms with Gasteiger partial charge in [-0.3, -0.25) is 4.55 Å². The van der Waals surface area contributed by atoms with E-state index in [0.717, 1.165) is 11.3 Å². The summed E-state index contributed by atoms with van der Waals surface area (Å²) >= 11 is 5.79. The first-order valence-corrected chi connectivity index (χ1v) is 7.33. The fraction of sp³-hybridized carbons (Fsp3) is 0.0769. The van der Waals surface area contributed by atoms with Crippen LogP contribution in [-0.4, -0.2) is 13.0 Å². The van der Waals surface area contributed by atoms with Gasteiger partial charge in [0.25, 0.3) is 10.1 Å². The molecule has 0 aliphatic carbocycles. The maximum absolute atomic E-state index is 10.9. The SMILES string of the molecule is O=S(=O)(O)c1ccc(NCc2ccc(Cl)cc2)cc1. The monoisotopic (exact) mass is 297 g/mol. The first kappa shape index (κ1) is 13.9. The van der Waals surface area contributed by atoms with Crippen LogP contribution in [-0.2, 0) is 16.7 Å². The van der Waals surface area contributed by atoms with Crippen LogP contribution < -0.4 is 5.32 Å². The second-order valence-corrected chi connectivity index (χ2v) is 5.84. The Bertz CT molecular complexity index is 651. The second-order valence-electron chi connectivity index (χ2n) is 3.98. The number of nitrogens with one attached hydrogen (secondary N) is 1. The van der Waals surface area contributed by atoms with Crippen molar-refractivity contribution in [2.45, 2.75) is 11.4 Å². The van der Waals surface area contributed by atoms with Crippen molar-refractivity contribution in [2.24, 2.45) is 0 Å². The Kier molecular flexibility index (Phi) is 4.09. The first-order valence-electron chi connectivity index (χ1n) is 5.51. The van der Waals surface area contributed by atoms with Crippen molar-refractivity contribution < 1.29 is 13.0 Å². The van der Waals surface area contributed by atoms with Crippen molar-refractivity contribution in [3.63, 3.8) is 0 Å². The molecule has 0 heterocycles. The molecule has 2 aromatic carbocycles. The Labute approximate surface area is 116 Å². The van der Waals surface area contributed by atoms with Gasteiger partial charge in [-0.25, -0.2) is 0 Å². The Morgan fingerprint density at radius 2 is 1.58 bits per heavy atom. The molecule has 0 amide bonds. The number of rotatable bonds is 4. The van der Waals surface area contributed by atoms with E-state index < -0.39 is 10.1 Å². The largest absolute Gasteiger partial charge is 0.381 e. The van der Waals surface area contributed by atoms with Crippen LogP contribution in [0.25, 0.3) is 0 Å². The Balaban J connectivity index is 2.02. The summed E-state index contributed by atoms with van der Waals surface area (Å²) in [6.45, 7) is 0.600. The zero-order chi connectivity index (χ0) is 13.9. The summed E-state index contributed by atoms with van der Waals surface area (Å²) in [5, 5.41) is 3.82. The minimum absolute atomic E-state index is 0.121. The normalized spacial score (nSPS) is 11.3. The standard InChI is InChI=1S/C13H12ClNO3S/c14-11-3-1-10(2-4-11)9-15-12-5-7-13(8-6-12)19(16,17)18/h1-8,15H,9H2,(H,16,17,18). The maximum Gasteiger partial charge on any atom is 0.294 e. The summed E-state index contributed by atoms with van der Waals surface area (Å²) in [6.07, 6.45) is 0. The number of hydrogen-bond donors (Lipinski definition) is 2. The van der Waals surface area contributed by atoms with Gasteiger partial charge in [0.15, 0.2) is 0 Å². The highest BCUT2D eigenvalue weighted by molar-refractivity contribution is 7.85. The lowest BCUT2D eigenvalue weighted by Gasteiger charge is -2.07. The predicted octanol–water partition coefficient (Wildman–Crippen LogP) is 3.20. The third kappa shape index (κ3) is 3.96. The van der Waals surface area contributed by atoms with Crippen LogP contribution in [0.5, 0.6) is 0 Å². The number of halogens is 1. The summed E-state index contributed by atoms with van der Waals surface area (Å²) in [4.78, 5) is -0.121.